The number of phenolic OH excluding ortho intramolecular Hbond substituents is 1. The van der Waals surface area contributed by atoms with Gasteiger partial charge in [0.2, 0.25) is 0 Å². The number of aromatic hydroxyl groups is 1. The van der Waals surface area contributed by atoms with Crippen molar-refractivity contribution in [2.75, 3.05) is 0 Å². The van der Waals surface area contributed by atoms with E-state index in [1.54, 1.807) is 12.1 Å². The molecular formula is C12H15NO3. The molecule has 0 aliphatic rings. The van der Waals surface area contributed by atoms with E-state index >= 15 is 0 Å². The molecule has 1 rings (SSSR count). The normalized spacial score (nSPS) is 14.1. The van der Waals surface area contributed by atoms with Crippen LogP contribution in [-0.4, -0.2) is 22.2 Å². The Morgan fingerprint density at radius 1 is 1.56 bits per heavy atom. The Hall–Kier alpha value is -1.81. The Morgan fingerprint density at radius 3 is 2.75 bits per heavy atom. The van der Waals surface area contributed by atoms with Crippen LogP contribution in [0.3, 0.4) is 0 Å². The van der Waals surface area contributed by atoms with E-state index in [1.807, 2.05) is 0 Å². The molecule has 0 aliphatic carbocycles. The van der Waals surface area contributed by atoms with Crippen LogP contribution in [0.4, 0.5) is 0 Å². The topological polar surface area (TPSA) is 83.6 Å². The minimum absolute atomic E-state index is 0.0867. The van der Waals surface area contributed by atoms with Crippen LogP contribution >= 0.6 is 0 Å². The van der Waals surface area contributed by atoms with Crippen molar-refractivity contribution >= 4 is 5.97 Å². The number of nitrogens with two attached hydrogens (primary N) is 1. The number of aliphatic carboxylic acids is 1. The van der Waals surface area contributed by atoms with Gasteiger partial charge in [0.1, 0.15) is 5.75 Å². The zero-order chi connectivity index (χ0) is 12.1. The first-order valence-electron chi connectivity index (χ1n) is 4.93. The van der Waals surface area contributed by atoms with Crippen molar-refractivity contribution in [3.63, 3.8) is 0 Å². The van der Waals surface area contributed by atoms with Gasteiger partial charge in [-0.05, 0) is 17.7 Å². The van der Waals surface area contributed by atoms with Gasteiger partial charge in [0.15, 0.2) is 0 Å². The van der Waals surface area contributed by atoms with Gasteiger partial charge < -0.3 is 15.9 Å². The quantitative estimate of drug-likeness (QED) is 0.657. The Morgan fingerprint density at radius 2 is 2.25 bits per heavy atom. The SMILES string of the molecule is C=CC(N)C(CC(=O)O)c1cccc(O)c1. The highest BCUT2D eigenvalue weighted by molar-refractivity contribution is 5.68. The lowest BCUT2D eigenvalue weighted by Crippen LogP contribution is -2.27. The third kappa shape index (κ3) is 3.10. The highest BCUT2D eigenvalue weighted by Gasteiger charge is 2.20. The molecule has 0 fully saturated rings. The van der Waals surface area contributed by atoms with Crippen molar-refractivity contribution in [2.24, 2.45) is 5.73 Å². The summed E-state index contributed by atoms with van der Waals surface area (Å²) in [5, 5.41) is 18.1. The molecule has 0 spiro atoms. The summed E-state index contributed by atoms with van der Waals surface area (Å²) in [6, 6.07) is 6.02. The first-order valence-corrected chi connectivity index (χ1v) is 4.93. The maximum Gasteiger partial charge on any atom is 0.304 e. The van der Waals surface area contributed by atoms with Crippen molar-refractivity contribution in [3.05, 3.63) is 42.5 Å². The molecule has 4 nitrogen and oxygen atoms in total. The molecule has 86 valence electrons. The molecule has 1 aromatic carbocycles. The fourth-order valence-corrected chi connectivity index (χ4v) is 1.58. The van der Waals surface area contributed by atoms with Gasteiger partial charge in [-0.3, -0.25) is 4.79 Å². The van der Waals surface area contributed by atoms with Gasteiger partial charge in [-0.2, -0.15) is 0 Å². The van der Waals surface area contributed by atoms with Crippen molar-refractivity contribution in [1.29, 1.82) is 0 Å². The number of benzene rings is 1. The van der Waals surface area contributed by atoms with Crippen LogP contribution in [-0.2, 0) is 4.79 Å². The predicted octanol–water partition coefficient (Wildman–Crippen LogP) is 1.46. The Labute approximate surface area is 94.0 Å². The van der Waals surface area contributed by atoms with Crippen LogP contribution < -0.4 is 5.73 Å². The summed E-state index contributed by atoms with van der Waals surface area (Å²) in [5.41, 5.74) is 6.49. The number of rotatable bonds is 5. The molecule has 0 bridgehead atoms. The number of carboxylic acid groups (broad SMARTS) is 1. The van der Waals surface area contributed by atoms with Gasteiger partial charge in [0.05, 0.1) is 6.42 Å². The van der Waals surface area contributed by atoms with Crippen molar-refractivity contribution in [2.45, 2.75) is 18.4 Å². The van der Waals surface area contributed by atoms with Crippen LogP contribution in [0.25, 0.3) is 0 Å². The molecular weight excluding hydrogens is 206 g/mol. The number of carboxylic acids is 1. The zero-order valence-electron chi connectivity index (χ0n) is 8.84. The summed E-state index contributed by atoms with van der Waals surface area (Å²) >= 11 is 0. The maximum atomic E-state index is 10.7. The van der Waals surface area contributed by atoms with Gasteiger partial charge in [-0.15, -0.1) is 6.58 Å². The van der Waals surface area contributed by atoms with E-state index in [4.69, 9.17) is 10.8 Å². The number of hydrogen-bond acceptors (Lipinski definition) is 3. The van der Waals surface area contributed by atoms with E-state index in [9.17, 15) is 9.90 Å². The molecule has 0 aliphatic heterocycles. The van der Waals surface area contributed by atoms with E-state index in [0.29, 0.717) is 5.56 Å². The lowest BCUT2D eigenvalue weighted by molar-refractivity contribution is -0.137. The fraction of sp³-hybridized carbons (Fsp3) is 0.250. The second-order valence-corrected chi connectivity index (χ2v) is 3.61. The van der Waals surface area contributed by atoms with Gasteiger partial charge in [0.25, 0.3) is 0 Å². The van der Waals surface area contributed by atoms with E-state index in [2.05, 4.69) is 6.58 Å². The van der Waals surface area contributed by atoms with Gasteiger partial charge in [-0.1, -0.05) is 18.2 Å². The predicted molar refractivity (Wildman–Crippen MR) is 61.3 cm³/mol. The minimum atomic E-state index is -0.925. The van der Waals surface area contributed by atoms with Crippen molar-refractivity contribution in [1.82, 2.24) is 0 Å². The molecule has 2 atom stereocenters. The van der Waals surface area contributed by atoms with Crippen molar-refractivity contribution in [3.8, 4) is 5.75 Å². The van der Waals surface area contributed by atoms with Gasteiger partial charge in [-0.25, -0.2) is 0 Å². The summed E-state index contributed by atoms with van der Waals surface area (Å²) in [5.74, 6) is -1.20. The van der Waals surface area contributed by atoms with Crippen LogP contribution in [0.2, 0.25) is 0 Å². The van der Waals surface area contributed by atoms with Crippen molar-refractivity contribution < 1.29 is 15.0 Å². The molecule has 16 heavy (non-hydrogen) atoms. The van der Waals surface area contributed by atoms with E-state index in [1.165, 1.54) is 18.2 Å². The number of hydrogen-bond donors (Lipinski definition) is 3. The summed E-state index contributed by atoms with van der Waals surface area (Å²) < 4.78 is 0. The Kier molecular flexibility index (Phi) is 4.08. The Bertz CT molecular complexity index is 390. The third-order valence-corrected chi connectivity index (χ3v) is 2.43. The van der Waals surface area contributed by atoms with E-state index in [-0.39, 0.29) is 18.1 Å². The lowest BCUT2D eigenvalue weighted by Gasteiger charge is -2.20. The first kappa shape index (κ1) is 12.3. The fourth-order valence-electron chi connectivity index (χ4n) is 1.58. The summed E-state index contributed by atoms with van der Waals surface area (Å²) in [7, 11) is 0. The number of phenols is 1. The first-order chi connectivity index (χ1) is 7.54. The molecule has 0 saturated heterocycles. The molecule has 4 heteroatoms. The highest BCUT2D eigenvalue weighted by Crippen LogP contribution is 2.25. The second-order valence-electron chi connectivity index (χ2n) is 3.61. The standard InChI is InChI=1S/C12H15NO3/c1-2-11(13)10(7-12(15)16)8-4-3-5-9(14)6-8/h2-6,10-11,14H,1,7,13H2,(H,15,16). The summed E-state index contributed by atoms with van der Waals surface area (Å²) in [6.07, 6.45) is 1.42. The van der Waals surface area contributed by atoms with Crippen LogP contribution in [0.1, 0.15) is 17.9 Å². The van der Waals surface area contributed by atoms with Gasteiger partial charge >= 0.3 is 5.97 Å². The second kappa shape index (κ2) is 5.32. The zero-order valence-corrected chi connectivity index (χ0v) is 8.84. The monoisotopic (exact) mass is 221 g/mol. The average Bonchev–Trinajstić information content (AvgIpc) is 2.24. The molecule has 0 aromatic heterocycles. The summed E-state index contributed by atoms with van der Waals surface area (Å²) in [4.78, 5) is 10.7. The average molecular weight is 221 g/mol. The highest BCUT2D eigenvalue weighted by atomic mass is 16.4. The molecule has 4 N–H and O–H groups in total. The molecule has 0 heterocycles. The maximum absolute atomic E-state index is 10.7. The third-order valence-electron chi connectivity index (χ3n) is 2.43. The van der Waals surface area contributed by atoms with Gasteiger partial charge in [0, 0.05) is 12.0 Å². The van der Waals surface area contributed by atoms with Crippen LogP contribution in [0.15, 0.2) is 36.9 Å². The smallest absolute Gasteiger partial charge is 0.304 e. The van der Waals surface area contributed by atoms with E-state index < -0.39 is 12.0 Å². The largest absolute Gasteiger partial charge is 0.508 e. The summed E-state index contributed by atoms with van der Waals surface area (Å²) in [6.45, 7) is 3.56. The molecule has 2 unspecified atom stereocenters. The van der Waals surface area contributed by atoms with Crippen LogP contribution in [0.5, 0.6) is 5.75 Å². The molecule has 0 saturated carbocycles. The minimum Gasteiger partial charge on any atom is -0.508 e. The number of carbonyl (C=O) groups is 1. The molecule has 0 amide bonds. The van der Waals surface area contributed by atoms with Crippen LogP contribution in [0, 0.1) is 0 Å². The lowest BCUT2D eigenvalue weighted by atomic mass is 9.89. The molecule has 1 aromatic rings. The molecule has 0 radical (unpaired) electrons. The Balaban J connectivity index is 3.00. The van der Waals surface area contributed by atoms with E-state index in [0.717, 1.165) is 0 Å².